The highest BCUT2D eigenvalue weighted by atomic mass is 16.6. The molecule has 1 heterocycles. The fraction of sp³-hybridized carbons (Fsp3) is 0.938. The minimum absolute atomic E-state index is 0.168. The van der Waals surface area contributed by atoms with Gasteiger partial charge >= 0.3 is 6.09 Å². The van der Waals surface area contributed by atoms with Crippen LogP contribution in [0.1, 0.15) is 59.3 Å². The van der Waals surface area contributed by atoms with Gasteiger partial charge in [-0.1, -0.05) is 0 Å². The van der Waals surface area contributed by atoms with Crippen molar-refractivity contribution < 1.29 is 14.6 Å². The molecule has 1 saturated heterocycles. The van der Waals surface area contributed by atoms with Crippen LogP contribution in [0.15, 0.2) is 0 Å². The van der Waals surface area contributed by atoms with Gasteiger partial charge < -0.3 is 14.7 Å². The van der Waals surface area contributed by atoms with Crippen molar-refractivity contribution in [2.24, 2.45) is 11.3 Å². The first-order valence-electron chi connectivity index (χ1n) is 7.95. The van der Waals surface area contributed by atoms with Crippen LogP contribution in [0.4, 0.5) is 4.79 Å². The molecule has 2 fully saturated rings. The summed E-state index contributed by atoms with van der Waals surface area (Å²) < 4.78 is 5.44. The van der Waals surface area contributed by atoms with E-state index in [1.165, 1.54) is 12.8 Å². The van der Waals surface area contributed by atoms with E-state index in [1.54, 1.807) is 0 Å². The van der Waals surface area contributed by atoms with Gasteiger partial charge in [-0.25, -0.2) is 4.79 Å². The van der Waals surface area contributed by atoms with Crippen molar-refractivity contribution in [2.45, 2.75) is 64.9 Å². The highest BCUT2D eigenvalue weighted by Crippen LogP contribution is 2.55. The lowest BCUT2D eigenvalue weighted by Crippen LogP contribution is -2.51. The Hall–Kier alpha value is -0.770. The zero-order chi connectivity index (χ0) is 14.8. The molecule has 1 unspecified atom stereocenters. The van der Waals surface area contributed by atoms with Gasteiger partial charge in [0.25, 0.3) is 0 Å². The van der Waals surface area contributed by atoms with Crippen LogP contribution in [0.25, 0.3) is 0 Å². The highest BCUT2D eigenvalue weighted by molar-refractivity contribution is 5.68. The van der Waals surface area contributed by atoms with E-state index in [4.69, 9.17) is 9.84 Å². The standard InChI is InChI=1S/C16H29NO3/c1-15(2,3)20-14(19)17-10-8-16(9-11-17)7-6-13(16)5-4-12-18/h13,18H,4-12H2,1-3H3. The lowest BCUT2D eigenvalue weighted by Gasteiger charge is -2.54. The van der Waals surface area contributed by atoms with Crippen molar-refractivity contribution in [1.82, 2.24) is 4.90 Å². The Morgan fingerprint density at radius 3 is 2.40 bits per heavy atom. The van der Waals surface area contributed by atoms with Crippen LogP contribution >= 0.6 is 0 Å². The maximum atomic E-state index is 12.1. The van der Waals surface area contributed by atoms with Crippen LogP contribution in [0.5, 0.6) is 0 Å². The van der Waals surface area contributed by atoms with Gasteiger partial charge in [0.1, 0.15) is 5.60 Å². The zero-order valence-corrected chi connectivity index (χ0v) is 13.2. The number of carbonyl (C=O) groups excluding carboxylic acids is 1. The number of nitrogens with zero attached hydrogens (tertiary/aromatic N) is 1. The molecule has 1 atom stereocenters. The summed E-state index contributed by atoms with van der Waals surface area (Å²) in [6.45, 7) is 7.68. The summed E-state index contributed by atoms with van der Waals surface area (Å²) >= 11 is 0. The number of aliphatic hydroxyl groups is 1. The van der Waals surface area contributed by atoms with Gasteiger partial charge in [-0.15, -0.1) is 0 Å². The molecule has 4 nitrogen and oxygen atoms in total. The molecule has 2 aliphatic rings. The number of aliphatic hydroxyl groups excluding tert-OH is 1. The molecule has 1 aliphatic carbocycles. The number of piperidine rings is 1. The third-order valence-electron chi connectivity index (χ3n) is 4.98. The molecule has 0 aromatic rings. The van der Waals surface area contributed by atoms with E-state index in [2.05, 4.69) is 0 Å². The van der Waals surface area contributed by atoms with Gasteiger partial charge in [0, 0.05) is 19.7 Å². The van der Waals surface area contributed by atoms with Crippen LogP contribution in [-0.4, -0.2) is 41.4 Å². The van der Waals surface area contributed by atoms with E-state index >= 15 is 0 Å². The first-order valence-corrected chi connectivity index (χ1v) is 7.95. The van der Waals surface area contributed by atoms with Crippen molar-refractivity contribution in [3.63, 3.8) is 0 Å². The van der Waals surface area contributed by atoms with Crippen LogP contribution < -0.4 is 0 Å². The second kappa shape index (κ2) is 5.92. The summed E-state index contributed by atoms with van der Waals surface area (Å²) in [6.07, 6.45) is 6.69. The minimum atomic E-state index is -0.410. The number of carbonyl (C=O) groups is 1. The van der Waals surface area contributed by atoms with E-state index in [0.29, 0.717) is 12.0 Å². The topological polar surface area (TPSA) is 49.8 Å². The lowest BCUT2D eigenvalue weighted by atomic mass is 9.54. The average Bonchev–Trinajstić information content (AvgIpc) is 2.36. The Balaban J connectivity index is 1.82. The predicted molar refractivity (Wildman–Crippen MR) is 78.5 cm³/mol. The van der Waals surface area contributed by atoms with E-state index in [-0.39, 0.29) is 6.09 Å². The molecule has 1 aliphatic heterocycles. The molecule has 0 radical (unpaired) electrons. The zero-order valence-electron chi connectivity index (χ0n) is 13.2. The van der Waals surface area contributed by atoms with Crippen molar-refractivity contribution in [1.29, 1.82) is 0 Å². The van der Waals surface area contributed by atoms with E-state index in [1.807, 2.05) is 25.7 Å². The molecule has 20 heavy (non-hydrogen) atoms. The highest BCUT2D eigenvalue weighted by Gasteiger charge is 2.48. The molecule has 4 heteroatoms. The molecule has 0 aromatic heterocycles. The molecule has 0 bridgehead atoms. The number of amides is 1. The molecule has 116 valence electrons. The Bertz CT molecular complexity index is 340. The van der Waals surface area contributed by atoms with Crippen LogP contribution in [0, 0.1) is 11.3 Å². The maximum absolute atomic E-state index is 12.1. The monoisotopic (exact) mass is 283 g/mol. The lowest BCUT2D eigenvalue weighted by molar-refractivity contribution is -0.0469. The summed E-state index contributed by atoms with van der Waals surface area (Å²) in [5.41, 5.74) is 0.0417. The Kier molecular flexibility index (Phi) is 4.62. The van der Waals surface area contributed by atoms with E-state index < -0.39 is 5.60 Å². The summed E-state index contributed by atoms with van der Waals surface area (Å²) in [4.78, 5) is 13.9. The number of hydrogen-bond donors (Lipinski definition) is 1. The summed E-state index contributed by atoms with van der Waals surface area (Å²) in [5, 5.41) is 8.98. The van der Waals surface area contributed by atoms with E-state index in [0.717, 1.165) is 44.7 Å². The first-order chi connectivity index (χ1) is 9.36. The molecule has 2 rings (SSSR count). The summed E-state index contributed by atoms with van der Waals surface area (Å²) in [6, 6.07) is 0. The fourth-order valence-electron chi connectivity index (χ4n) is 3.66. The molecule has 1 spiro atoms. The molecule has 0 aromatic carbocycles. The third kappa shape index (κ3) is 3.46. The average molecular weight is 283 g/mol. The van der Waals surface area contributed by atoms with Crippen LogP contribution in [0.2, 0.25) is 0 Å². The molecule has 1 amide bonds. The number of hydrogen-bond acceptors (Lipinski definition) is 3. The van der Waals surface area contributed by atoms with Gasteiger partial charge in [0.2, 0.25) is 0 Å². The van der Waals surface area contributed by atoms with E-state index in [9.17, 15) is 4.79 Å². The smallest absolute Gasteiger partial charge is 0.410 e. The van der Waals surface area contributed by atoms with Gasteiger partial charge in [0.15, 0.2) is 0 Å². The second-order valence-corrected chi connectivity index (χ2v) is 7.43. The fourth-order valence-corrected chi connectivity index (χ4v) is 3.66. The predicted octanol–water partition coefficient (Wildman–Crippen LogP) is 3.19. The molecule has 1 saturated carbocycles. The van der Waals surface area contributed by atoms with Gasteiger partial charge in [-0.3, -0.25) is 0 Å². The van der Waals surface area contributed by atoms with Crippen molar-refractivity contribution in [3.05, 3.63) is 0 Å². The van der Waals surface area contributed by atoms with Crippen molar-refractivity contribution in [3.8, 4) is 0 Å². The Labute approximate surface area is 122 Å². The number of ether oxygens (including phenoxy) is 1. The second-order valence-electron chi connectivity index (χ2n) is 7.43. The van der Waals surface area contributed by atoms with Crippen LogP contribution in [0.3, 0.4) is 0 Å². The molecular weight excluding hydrogens is 254 g/mol. The van der Waals surface area contributed by atoms with Crippen molar-refractivity contribution in [2.75, 3.05) is 19.7 Å². The number of rotatable bonds is 3. The summed E-state index contributed by atoms with van der Waals surface area (Å²) in [5.74, 6) is 0.760. The van der Waals surface area contributed by atoms with Crippen molar-refractivity contribution >= 4 is 6.09 Å². The molecule has 1 N–H and O–H groups in total. The minimum Gasteiger partial charge on any atom is -0.444 e. The van der Waals surface area contributed by atoms with Crippen LogP contribution in [-0.2, 0) is 4.74 Å². The molecular formula is C16H29NO3. The first kappa shape index (κ1) is 15.6. The summed E-state index contributed by atoms with van der Waals surface area (Å²) in [7, 11) is 0. The largest absolute Gasteiger partial charge is 0.444 e. The Morgan fingerprint density at radius 1 is 1.30 bits per heavy atom. The van der Waals surface area contributed by atoms with Gasteiger partial charge in [-0.2, -0.15) is 0 Å². The Morgan fingerprint density at radius 2 is 1.95 bits per heavy atom. The third-order valence-corrected chi connectivity index (χ3v) is 4.98. The SMILES string of the molecule is CC(C)(C)OC(=O)N1CCC2(CCC2CCCO)CC1. The maximum Gasteiger partial charge on any atom is 0.410 e. The van der Waals surface area contributed by atoms with Gasteiger partial charge in [-0.05, 0) is 70.6 Å². The van der Waals surface area contributed by atoms with Gasteiger partial charge in [0.05, 0.1) is 0 Å². The quantitative estimate of drug-likeness (QED) is 0.865. The normalized spacial score (nSPS) is 25.4. The number of likely N-dealkylation sites (tertiary alicyclic amines) is 1.